The highest BCUT2D eigenvalue weighted by atomic mass is 16.5. The highest BCUT2D eigenvalue weighted by Crippen LogP contribution is 2.05. The smallest absolute Gasteiger partial charge is 0.307 e. The van der Waals surface area contributed by atoms with Gasteiger partial charge in [0.2, 0.25) is 0 Å². The van der Waals surface area contributed by atoms with Gasteiger partial charge in [-0.1, -0.05) is 0 Å². The molecule has 0 atom stereocenters. The van der Waals surface area contributed by atoms with E-state index < -0.39 is 0 Å². The fraction of sp³-hybridized carbons (Fsp3) is 0.455. The van der Waals surface area contributed by atoms with Crippen molar-refractivity contribution in [2.75, 3.05) is 13.2 Å². The molecule has 1 N–H and O–H groups in total. The zero-order chi connectivity index (χ0) is 12.0. The lowest BCUT2D eigenvalue weighted by molar-refractivity contribution is -0.142. The summed E-state index contributed by atoms with van der Waals surface area (Å²) in [4.78, 5) is 22.4. The van der Waals surface area contributed by atoms with Gasteiger partial charge in [0, 0.05) is 6.54 Å². The molecule has 0 spiro atoms. The molecule has 0 unspecified atom stereocenters. The average Bonchev–Trinajstić information content (AvgIpc) is 2.65. The first-order chi connectivity index (χ1) is 7.63. The first-order valence-corrected chi connectivity index (χ1v) is 5.12. The van der Waals surface area contributed by atoms with Crippen LogP contribution in [0.2, 0.25) is 0 Å². The van der Waals surface area contributed by atoms with Gasteiger partial charge in [0.1, 0.15) is 12.0 Å². The summed E-state index contributed by atoms with van der Waals surface area (Å²) in [7, 11) is 0. The van der Waals surface area contributed by atoms with E-state index in [-0.39, 0.29) is 24.8 Å². The number of amides is 1. The van der Waals surface area contributed by atoms with Crippen LogP contribution in [0.1, 0.15) is 29.5 Å². The third-order valence-electron chi connectivity index (χ3n) is 1.91. The second kappa shape index (κ2) is 5.95. The molecule has 0 aliphatic heterocycles. The van der Waals surface area contributed by atoms with Crippen LogP contribution in [0.3, 0.4) is 0 Å². The lowest BCUT2D eigenvalue weighted by Gasteiger charge is -2.03. The standard InChI is InChI=1S/C11H15NO4/c1-3-15-10(13)4-5-12-11(14)9-6-8(2)16-7-9/h6-7H,3-5H2,1-2H3,(H,12,14). The van der Waals surface area contributed by atoms with Gasteiger partial charge in [0.15, 0.2) is 0 Å². The number of nitrogens with one attached hydrogen (secondary N) is 1. The van der Waals surface area contributed by atoms with Gasteiger partial charge in [-0.2, -0.15) is 0 Å². The van der Waals surface area contributed by atoms with Gasteiger partial charge >= 0.3 is 5.97 Å². The lowest BCUT2D eigenvalue weighted by atomic mass is 10.3. The van der Waals surface area contributed by atoms with Crippen molar-refractivity contribution < 1.29 is 18.7 Å². The van der Waals surface area contributed by atoms with Crippen molar-refractivity contribution in [2.45, 2.75) is 20.3 Å². The fourth-order valence-electron chi connectivity index (χ4n) is 1.18. The molecule has 1 aromatic heterocycles. The van der Waals surface area contributed by atoms with E-state index in [1.807, 2.05) is 0 Å². The zero-order valence-corrected chi connectivity index (χ0v) is 9.41. The van der Waals surface area contributed by atoms with Gasteiger partial charge in [-0.3, -0.25) is 9.59 Å². The molecule has 5 heteroatoms. The quantitative estimate of drug-likeness (QED) is 0.766. The highest BCUT2D eigenvalue weighted by Gasteiger charge is 2.08. The summed E-state index contributed by atoms with van der Waals surface area (Å²) in [6.45, 7) is 4.12. The van der Waals surface area contributed by atoms with Crippen LogP contribution in [0.15, 0.2) is 16.7 Å². The maximum atomic E-state index is 11.5. The van der Waals surface area contributed by atoms with Gasteiger partial charge in [-0.05, 0) is 19.9 Å². The van der Waals surface area contributed by atoms with E-state index in [4.69, 9.17) is 9.15 Å². The van der Waals surface area contributed by atoms with Gasteiger partial charge in [-0.15, -0.1) is 0 Å². The second-order valence-electron chi connectivity index (χ2n) is 3.26. The van der Waals surface area contributed by atoms with E-state index in [2.05, 4.69) is 5.32 Å². The molecule has 0 saturated heterocycles. The Bertz CT molecular complexity index is 370. The van der Waals surface area contributed by atoms with E-state index >= 15 is 0 Å². The molecule has 0 aliphatic carbocycles. The molecule has 5 nitrogen and oxygen atoms in total. The molecule has 0 aromatic carbocycles. The van der Waals surface area contributed by atoms with Crippen molar-refractivity contribution >= 4 is 11.9 Å². The topological polar surface area (TPSA) is 68.5 Å². The molecule has 16 heavy (non-hydrogen) atoms. The minimum absolute atomic E-state index is 0.177. The summed E-state index contributed by atoms with van der Waals surface area (Å²) >= 11 is 0. The molecule has 0 aliphatic rings. The Morgan fingerprint density at radius 1 is 1.50 bits per heavy atom. The second-order valence-corrected chi connectivity index (χ2v) is 3.26. The molecule has 0 bridgehead atoms. The molecule has 1 rings (SSSR count). The van der Waals surface area contributed by atoms with Crippen LogP contribution >= 0.6 is 0 Å². The monoisotopic (exact) mass is 225 g/mol. The number of carbonyl (C=O) groups is 2. The maximum absolute atomic E-state index is 11.5. The molecule has 1 aromatic rings. The third-order valence-corrected chi connectivity index (χ3v) is 1.91. The number of aryl methyl sites for hydroxylation is 1. The van der Waals surface area contributed by atoms with Crippen LogP contribution in [0.5, 0.6) is 0 Å². The third kappa shape index (κ3) is 3.76. The Hall–Kier alpha value is -1.78. The van der Waals surface area contributed by atoms with Gasteiger partial charge < -0.3 is 14.5 Å². The minimum atomic E-state index is -0.314. The van der Waals surface area contributed by atoms with Crippen molar-refractivity contribution in [1.29, 1.82) is 0 Å². The summed E-state index contributed by atoms with van der Waals surface area (Å²) in [5.74, 6) is 0.114. The molecule has 1 amide bonds. The van der Waals surface area contributed by atoms with E-state index in [0.717, 1.165) is 0 Å². The predicted octanol–water partition coefficient (Wildman–Crippen LogP) is 1.27. The summed E-state index contributed by atoms with van der Waals surface area (Å²) in [5, 5.41) is 2.60. The minimum Gasteiger partial charge on any atom is -0.469 e. The number of hydrogen-bond acceptors (Lipinski definition) is 4. The van der Waals surface area contributed by atoms with Crippen molar-refractivity contribution in [1.82, 2.24) is 5.32 Å². The number of esters is 1. The van der Waals surface area contributed by atoms with Crippen LogP contribution in [0.25, 0.3) is 0 Å². The number of carbonyl (C=O) groups excluding carboxylic acids is 2. The fourth-order valence-corrected chi connectivity index (χ4v) is 1.18. The van der Waals surface area contributed by atoms with Crippen LogP contribution in [0.4, 0.5) is 0 Å². The number of hydrogen-bond donors (Lipinski definition) is 1. The molecular weight excluding hydrogens is 210 g/mol. The highest BCUT2D eigenvalue weighted by molar-refractivity contribution is 5.94. The van der Waals surface area contributed by atoms with Crippen LogP contribution in [-0.4, -0.2) is 25.0 Å². The predicted molar refractivity (Wildman–Crippen MR) is 57.0 cm³/mol. The molecule has 0 fully saturated rings. The molecule has 1 heterocycles. The van der Waals surface area contributed by atoms with Crippen molar-refractivity contribution in [2.24, 2.45) is 0 Å². The number of rotatable bonds is 5. The average molecular weight is 225 g/mol. The summed E-state index contributed by atoms with van der Waals surface area (Å²) in [6, 6.07) is 1.64. The Labute approximate surface area is 93.8 Å². The van der Waals surface area contributed by atoms with Crippen molar-refractivity contribution in [3.63, 3.8) is 0 Å². The molecule has 0 saturated carbocycles. The molecule has 0 radical (unpaired) electrons. The van der Waals surface area contributed by atoms with Crippen molar-refractivity contribution in [3.8, 4) is 0 Å². The first-order valence-electron chi connectivity index (χ1n) is 5.12. The Balaban J connectivity index is 2.28. The number of furan rings is 1. The van der Waals surface area contributed by atoms with Crippen LogP contribution in [-0.2, 0) is 9.53 Å². The summed E-state index contributed by atoms with van der Waals surface area (Å²) in [6.07, 6.45) is 1.56. The SMILES string of the molecule is CCOC(=O)CCNC(=O)c1coc(C)c1. The first kappa shape index (κ1) is 12.3. The maximum Gasteiger partial charge on any atom is 0.307 e. The summed E-state index contributed by atoms with van der Waals surface area (Å²) < 4.78 is 9.72. The van der Waals surface area contributed by atoms with Crippen molar-refractivity contribution in [3.05, 3.63) is 23.7 Å². The normalized spacial score (nSPS) is 9.88. The Morgan fingerprint density at radius 3 is 2.81 bits per heavy atom. The molecule has 88 valence electrons. The summed E-state index contributed by atoms with van der Waals surface area (Å²) in [5.41, 5.74) is 0.460. The largest absolute Gasteiger partial charge is 0.469 e. The van der Waals surface area contributed by atoms with Crippen LogP contribution in [0, 0.1) is 6.92 Å². The van der Waals surface area contributed by atoms with Gasteiger partial charge in [-0.25, -0.2) is 0 Å². The van der Waals surface area contributed by atoms with E-state index in [1.165, 1.54) is 6.26 Å². The Morgan fingerprint density at radius 2 is 2.25 bits per heavy atom. The van der Waals surface area contributed by atoms with Gasteiger partial charge in [0.05, 0.1) is 18.6 Å². The van der Waals surface area contributed by atoms with E-state index in [1.54, 1.807) is 19.9 Å². The molecular formula is C11H15NO4. The van der Waals surface area contributed by atoms with E-state index in [9.17, 15) is 9.59 Å². The lowest BCUT2D eigenvalue weighted by Crippen LogP contribution is -2.26. The zero-order valence-electron chi connectivity index (χ0n) is 9.41. The Kier molecular flexibility index (Phi) is 4.57. The van der Waals surface area contributed by atoms with E-state index in [0.29, 0.717) is 17.9 Å². The van der Waals surface area contributed by atoms with Crippen LogP contribution < -0.4 is 5.32 Å². The number of ether oxygens (including phenoxy) is 1. The van der Waals surface area contributed by atoms with Gasteiger partial charge in [0.25, 0.3) is 5.91 Å².